The normalized spacial score (nSPS) is 15.2. The molecule has 1 saturated heterocycles. The second-order valence-corrected chi connectivity index (χ2v) is 6.01. The molecule has 0 saturated carbocycles. The third-order valence-electron chi connectivity index (χ3n) is 3.96. The van der Waals surface area contributed by atoms with Crippen LogP contribution in [0.4, 0.5) is 5.82 Å². The Bertz CT molecular complexity index is 768. The Hall–Kier alpha value is -2.67. The number of nitrogens with one attached hydrogen (secondary N) is 2. The van der Waals surface area contributed by atoms with E-state index >= 15 is 0 Å². The monoisotopic (exact) mass is 327 g/mol. The molecule has 24 heavy (non-hydrogen) atoms. The molecule has 126 valence electrons. The van der Waals surface area contributed by atoms with E-state index in [4.69, 9.17) is 0 Å². The summed E-state index contributed by atoms with van der Waals surface area (Å²) in [7, 11) is 1.79. The molecule has 2 aromatic rings. The fourth-order valence-electron chi connectivity index (χ4n) is 2.81. The molecule has 7 heteroatoms. The van der Waals surface area contributed by atoms with Crippen LogP contribution in [0, 0.1) is 6.92 Å². The molecule has 1 aromatic carbocycles. The summed E-state index contributed by atoms with van der Waals surface area (Å²) in [4.78, 5) is 26.0. The van der Waals surface area contributed by atoms with Crippen molar-refractivity contribution in [2.75, 3.05) is 25.0 Å². The lowest BCUT2D eigenvalue weighted by Crippen LogP contribution is -2.47. The van der Waals surface area contributed by atoms with Crippen molar-refractivity contribution in [2.24, 2.45) is 7.05 Å². The number of rotatable bonds is 4. The van der Waals surface area contributed by atoms with Gasteiger partial charge in [0.25, 0.3) is 5.91 Å². The summed E-state index contributed by atoms with van der Waals surface area (Å²) in [6.45, 7) is 4.41. The predicted octanol–water partition coefficient (Wildman–Crippen LogP) is 0.913. The molecule has 2 heterocycles. The van der Waals surface area contributed by atoms with Crippen LogP contribution in [0.3, 0.4) is 0 Å². The minimum absolute atomic E-state index is 0.0433. The number of hydrogen-bond acceptors (Lipinski definition) is 4. The van der Waals surface area contributed by atoms with Gasteiger partial charge in [-0.05, 0) is 24.6 Å². The Morgan fingerprint density at radius 3 is 2.92 bits per heavy atom. The molecule has 2 amide bonds. The van der Waals surface area contributed by atoms with Crippen molar-refractivity contribution in [1.29, 1.82) is 0 Å². The molecule has 1 fully saturated rings. The molecular formula is C17H21N5O2. The molecule has 7 nitrogen and oxygen atoms in total. The first-order chi connectivity index (χ1) is 11.5. The summed E-state index contributed by atoms with van der Waals surface area (Å²) in [6.07, 6.45) is 0. The second kappa shape index (κ2) is 6.84. The van der Waals surface area contributed by atoms with E-state index in [0.717, 1.165) is 17.8 Å². The second-order valence-electron chi connectivity index (χ2n) is 6.01. The van der Waals surface area contributed by atoms with Crippen LogP contribution in [0.5, 0.6) is 0 Å². The molecule has 3 rings (SSSR count). The smallest absolute Gasteiger partial charge is 0.256 e. The van der Waals surface area contributed by atoms with Crippen LogP contribution >= 0.6 is 0 Å². The topological polar surface area (TPSA) is 79.3 Å². The summed E-state index contributed by atoms with van der Waals surface area (Å²) < 4.78 is 1.64. The van der Waals surface area contributed by atoms with Crippen LogP contribution < -0.4 is 10.6 Å². The lowest BCUT2D eigenvalue weighted by molar-refractivity contribution is -0.124. The molecule has 0 spiro atoms. The van der Waals surface area contributed by atoms with Gasteiger partial charge in [-0.25, -0.2) is 0 Å². The van der Waals surface area contributed by atoms with Gasteiger partial charge < -0.3 is 10.6 Å². The van der Waals surface area contributed by atoms with Crippen LogP contribution in [0.25, 0.3) is 0 Å². The highest BCUT2D eigenvalue weighted by Gasteiger charge is 2.17. The molecule has 0 bridgehead atoms. The van der Waals surface area contributed by atoms with Gasteiger partial charge >= 0.3 is 0 Å². The average molecular weight is 327 g/mol. The zero-order chi connectivity index (χ0) is 17.1. The number of carbonyl (C=O) groups is 2. The first-order valence-corrected chi connectivity index (χ1v) is 7.91. The maximum absolute atomic E-state index is 12.4. The average Bonchev–Trinajstić information content (AvgIpc) is 2.85. The van der Waals surface area contributed by atoms with Gasteiger partial charge in [0.15, 0.2) is 0 Å². The van der Waals surface area contributed by atoms with Crippen molar-refractivity contribution in [1.82, 2.24) is 20.0 Å². The fraction of sp³-hybridized carbons (Fsp3) is 0.353. The molecule has 1 aromatic heterocycles. The van der Waals surface area contributed by atoms with Gasteiger partial charge in [0.1, 0.15) is 5.82 Å². The van der Waals surface area contributed by atoms with Gasteiger partial charge in [0, 0.05) is 38.3 Å². The summed E-state index contributed by atoms with van der Waals surface area (Å²) in [5.41, 5.74) is 2.45. The molecule has 2 N–H and O–H groups in total. The minimum Gasteiger partial charge on any atom is -0.354 e. The van der Waals surface area contributed by atoms with Gasteiger partial charge in [-0.3, -0.25) is 19.2 Å². The molecule has 1 aliphatic heterocycles. The predicted molar refractivity (Wildman–Crippen MR) is 90.6 cm³/mol. The van der Waals surface area contributed by atoms with E-state index in [1.54, 1.807) is 17.8 Å². The fourth-order valence-corrected chi connectivity index (χ4v) is 2.81. The quantitative estimate of drug-likeness (QED) is 0.875. The van der Waals surface area contributed by atoms with E-state index in [-0.39, 0.29) is 11.8 Å². The number of aryl methyl sites for hydroxylation is 2. The van der Waals surface area contributed by atoms with Crippen LogP contribution in [-0.2, 0) is 18.4 Å². The van der Waals surface area contributed by atoms with Gasteiger partial charge in [-0.2, -0.15) is 5.10 Å². The Labute approximate surface area is 140 Å². The molecule has 0 aliphatic carbocycles. The SMILES string of the molecule is Cc1cc(NC(=O)c2cccc(CN3CCNC(=O)C3)c2)n(C)n1. The van der Waals surface area contributed by atoms with Gasteiger partial charge in [-0.15, -0.1) is 0 Å². The highest BCUT2D eigenvalue weighted by Crippen LogP contribution is 2.13. The molecular weight excluding hydrogens is 306 g/mol. The van der Waals surface area contributed by atoms with Crippen molar-refractivity contribution in [2.45, 2.75) is 13.5 Å². The van der Waals surface area contributed by atoms with Crippen molar-refractivity contribution < 1.29 is 9.59 Å². The van der Waals surface area contributed by atoms with Gasteiger partial charge in [-0.1, -0.05) is 12.1 Å². The van der Waals surface area contributed by atoms with E-state index in [1.807, 2.05) is 31.2 Å². The maximum atomic E-state index is 12.4. The number of hydrogen-bond donors (Lipinski definition) is 2. The Kier molecular flexibility index (Phi) is 4.61. The number of amides is 2. The lowest BCUT2D eigenvalue weighted by Gasteiger charge is -2.26. The van der Waals surface area contributed by atoms with E-state index in [1.165, 1.54) is 0 Å². The maximum Gasteiger partial charge on any atom is 0.256 e. The highest BCUT2D eigenvalue weighted by atomic mass is 16.2. The molecule has 0 radical (unpaired) electrons. The first kappa shape index (κ1) is 16.2. The third-order valence-corrected chi connectivity index (χ3v) is 3.96. The largest absolute Gasteiger partial charge is 0.354 e. The van der Waals surface area contributed by atoms with Crippen molar-refractivity contribution in [3.8, 4) is 0 Å². The van der Waals surface area contributed by atoms with Crippen molar-refractivity contribution in [3.63, 3.8) is 0 Å². The summed E-state index contributed by atoms with van der Waals surface area (Å²) in [5, 5.41) is 9.90. The number of carbonyl (C=O) groups excluding carboxylic acids is 2. The number of nitrogens with zero attached hydrogens (tertiary/aromatic N) is 3. The number of benzene rings is 1. The zero-order valence-corrected chi connectivity index (χ0v) is 13.9. The molecule has 0 atom stereocenters. The van der Waals surface area contributed by atoms with Gasteiger partial charge in [0.2, 0.25) is 5.91 Å². The number of piperazine rings is 1. The zero-order valence-electron chi connectivity index (χ0n) is 13.9. The van der Waals surface area contributed by atoms with Crippen molar-refractivity contribution in [3.05, 3.63) is 47.2 Å². The Morgan fingerprint density at radius 2 is 2.21 bits per heavy atom. The standard InChI is InChI=1S/C17H21N5O2/c1-12-8-15(21(2)20-12)19-17(24)14-5-3-4-13(9-14)10-22-7-6-18-16(23)11-22/h3-5,8-9H,6-7,10-11H2,1-2H3,(H,18,23)(H,19,24). The number of anilines is 1. The van der Waals surface area contributed by atoms with Gasteiger partial charge in [0.05, 0.1) is 12.2 Å². The lowest BCUT2D eigenvalue weighted by atomic mass is 10.1. The van der Waals surface area contributed by atoms with E-state index in [9.17, 15) is 9.59 Å². The molecule has 0 unspecified atom stereocenters. The van der Waals surface area contributed by atoms with Crippen LogP contribution in [0.2, 0.25) is 0 Å². The molecule has 1 aliphatic rings. The Morgan fingerprint density at radius 1 is 1.38 bits per heavy atom. The van der Waals surface area contributed by atoms with Crippen LogP contribution in [0.1, 0.15) is 21.6 Å². The van der Waals surface area contributed by atoms with Crippen molar-refractivity contribution >= 4 is 17.6 Å². The van der Waals surface area contributed by atoms with E-state index in [2.05, 4.69) is 20.6 Å². The van der Waals surface area contributed by atoms with E-state index < -0.39 is 0 Å². The summed E-state index contributed by atoms with van der Waals surface area (Å²) in [5.74, 6) is 0.536. The minimum atomic E-state index is -0.170. The first-order valence-electron chi connectivity index (χ1n) is 7.91. The highest BCUT2D eigenvalue weighted by molar-refractivity contribution is 6.03. The van der Waals surface area contributed by atoms with Crippen LogP contribution in [0.15, 0.2) is 30.3 Å². The third kappa shape index (κ3) is 3.80. The number of aromatic nitrogens is 2. The van der Waals surface area contributed by atoms with E-state index in [0.29, 0.717) is 31.0 Å². The summed E-state index contributed by atoms with van der Waals surface area (Å²) >= 11 is 0. The van der Waals surface area contributed by atoms with Crippen LogP contribution in [-0.4, -0.2) is 46.1 Å². The summed E-state index contributed by atoms with van der Waals surface area (Å²) in [6, 6.07) is 9.31. The Balaban J connectivity index is 1.69.